The van der Waals surface area contributed by atoms with Crippen LogP contribution < -0.4 is 29.6 Å². The van der Waals surface area contributed by atoms with Gasteiger partial charge in [-0.1, -0.05) is 29.0 Å². The van der Waals surface area contributed by atoms with Crippen molar-refractivity contribution in [1.29, 1.82) is 0 Å². The molecule has 0 nitrogen and oxygen atoms in total. The molecule has 1 aromatic rings. The van der Waals surface area contributed by atoms with E-state index in [9.17, 15) is 0 Å². The average Bonchev–Trinajstić information content (AvgIpc) is 1.90. The van der Waals surface area contributed by atoms with Gasteiger partial charge in [0.15, 0.2) is 0 Å². The number of thiol groups is 1. The van der Waals surface area contributed by atoms with Crippen LogP contribution in [-0.4, -0.2) is 0 Å². The van der Waals surface area contributed by atoms with Crippen LogP contribution in [0.3, 0.4) is 0 Å². The summed E-state index contributed by atoms with van der Waals surface area (Å²) >= 11 is 4.03. The number of hydrogen-bond acceptors (Lipinski definition) is 2. The van der Waals surface area contributed by atoms with Crippen LogP contribution >= 0.6 is 22.5 Å². The molecule has 0 saturated carbocycles. The summed E-state index contributed by atoms with van der Waals surface area (Å²) in [6.07, 6.45) is 0. The second kappa shape index (κ2) is 5.69. The summed E-state index contributed by atoms with van der Waals surface area (Å²) in [5, 5.41) is 0. The Bertz CT molecular complexity index is 157. The molecule has 44 valence electrons. The normalized spacial score (nSPS) is 8.11. The van der Waals surface area contributed by atoms with E-state index < -0.39 is 0 Å². The number of hydrogen-bond donors (Lipinski definition) is 1. The first-order valence-electron chi connectivity index (χ1n) is 2.30. The largest absolute Gasteiger partial charge is 1.00 e. The summed E-state index contributed by atoms with van der Waals surface area (Å²) in [5.74, 6) is 0. The fraction of sp³-hybridized carbons (Fsp3) is 0. The Morgan fingerprint density at radius 3 is 2.11 bits per heavy atom. The summed E-state index contributed by atoms with van der Waals surface area (Å²) in [4.78, 5) is 1.19. The minimum atomic E-state index is 0. The molecular formula is C6H7NaS2. The molecule has 0 N–H and O–H groups in total. The van der Waals surface area contributed by atoms with Crippen molar-refractivity contribution in [3.8, 4) is 0 Å². The van der Waals surface area contributed by atoms with Crippen molar-refractivity contribution >= 4 is 22.5 Å². The van der Waals surface area contributed by atoms with Gasteiger partial charge in [0.2, 0.25) is 0 Å². The fourth-order valence-electron chi connectivity index (χ4n) is 0.481. The third-order valence-corrected chi connectivity index (χ3v) is 1.96. The quantitative estimate of drug-likeness (QED) is 0.341. The second-order valence-electron chi connectivity index (χ2n) is 1.40. The van der Waals surface area contributed by atoms with E-state index >= 15 is 0 Å². The third-order valence-electron chi connectivity index (χ3n) is 0.849. The van der Waals surface area contributed by atoms with Crippen molar-refractivity contribution in [3.05, 3.63) is 30.3 Å². The van der Waals surface area contributed by atoms with Gasteiger partial charge >= 0.3 is 29.6 Å². The first-order chi connectivity index (χ1) is 3.93. The van der Waals surface area contributed by atoms with Crippen molar-refractivity contribution < 1.29 is 31.0 Å². The van der Waals surface area contributed by atoms with Crippen LogP contribution in [0.4, 0.5) is 0 Å². The molecule has 3 heteroatoms. The van der Waals surface area contributed by atoms with Gasteiger partial charge < -0.3 is 1.43 Å². The molecule has 0 aliphatic carbocycles. The van der Waals surface area contributed by atoms with E-state index in [1.54, 1.807) is 0 Å². The molecule has 1 rings (SSSR count). The molecule has 0 atom stereocenters. The molecular weight excluding hydrogens is 159 g/mol. The predicted octanol–water partition coefficient (Wildman–Crippen LogP) is -0.260. The molecule has 9 heavy (non-hydrogen) atoms. The summed E-state index contributed by atoms with van der Waals surface area (Å²) in [5.41, 5.74) is 0. The number of rotatable bonds is 1. The molecule has 0 heterocycles. The van der Waals surface area contributed by atoms with Crippen LogP contribution in [0, 0.1) is 0 Å². The smallest absolute Gasteiger partial charge is 1.00 e. The molecule has 0 aromatic heterocycles. The number of benzene rings is 1. The SMILES string of the molecule is SSc1ccccc1.[H-].[Na+]. The molecule has 0 bridgehead atoms. The van der Waals surface area contributed by atoms with E-state index in [0.717, 1.165) is 0 Å². The van der Waals surface area contributed by atoms with Gasteiger partial charge in [-0.15, -0.1) is 11.7 Å². The van der Waals surface area contributed by atoms with Crippen LogP contribution in [0.15, 0.2) is 35.2 Å². The van der Waals surface area contributed by atoms with Crippen molar-refractivity contribution in [1.82, 2.24) is 0 Å². The van der Waals surface area contributed by atoms with E-state index in [1.807, 2.05) is 30.3 Å². The Morgan fingerprint density at radius 1 is 1.22 bits per heavy atom. The molecule has 0 fully saturated rings. The van der Waals surface area contributed by atoms with Gasteiger partial charge in [0, 0.05) is 4.90 Å². The topological polar surface area (TPSA) is 0 Å². The van der Waals surface area contributed by atoms with E-state index in [1.165, 1.54) is 15.7 Å². The fourth-order valence-corrected chi connectivity index (χ4v) is 1.13. The first kappa shape index (κ1) is 9.92. The maximum Gasteiger partial charge on any atom is 1.00 e. The zero-order valence-electron chi connectivity index (χ0n) is 6.24. The van der Waals surface area contributed by atoms with Gasteiger partial charge in [-0.3, -0.25) is 0 Å². The van der Waals surface area contributed by atoms with Crippen molar-refractivity contribution in [3.63, 3.8) is 0 Å². The van der Waals surface area contributed by atoms with E-state index in [0.29, 0.717) is 0 Å². The monoisotopic (exact) mass is 166 g/mol. The van der Waals surface area contributed by atoms with Gasteiger partial charge in [-0.2, -0.15) is 0 Å². The summed E-state index contributed by atoms with van der Waals surface area (Å²) in [6.45, 7) is 0. The molecule has 0 spiro atoms. The molecule has 0 aliphatic rings. The minimum absolute atomic E-state index is 0. The van der Waals surface area contributed by atoms with Gasteiger partial charge in [0.05, 0.1) is 0 Å². The maximum atomic E-state index is 4.03. The van der Waals surface area contributed by atoms with E-state index in [4.69, 9.17) is 0 Å². The molecule has 0 amide bonds. The van der Waals surface area contributed by atoms with Crippen molar-refractivity contribution in [2.24, 2.45) is 0 Å². The molecule has 1 aromatic carbocycles. The van der Waals surface area contributed by atoms with Crippen molar-refractivity contribution in [2.75, 3.05) is 0 Å². The van der Waals surface area contributed by atoms with E-state index in [2.05, 4.69) is 11.7 Å². The minimum Gasteiger partial charge on any atom is -1.00 e. The standard InChI is InChI=1S/C6H6S2.Na.H/c7-8-6-4-2-1-3-5-6;;/h1-5,7H;;/q;+1;-1. The van der Waals surface area contributed by atoms with Crippen LogP contribution in [0.5, 0.6) is 0 Å². The Balaban J connectivity index is 0. The van der Waals surface area contributed by atoms with Gasteiger partial charge in [-0.05, 0) is 12.1 Å². The summed E-state index contributed by atoms with van der Waals surface area (Å²) in [7, 11) is 1.46. The average molecular weight is 166 g/mol. The Hall–Kier alpha value is 0.920. The zero-order chi connectivity index (χ0) is 5.82. The molecule has 0 aliphatic heterocycles. The van der Waals surface area contributed by atoms with Crippen LogP contribution in [0.25, 0.3) is 0 Å². The summed E-state index contributed by atoms with van der Waals surface area (Å²) in [6, 6.07) is 10.0. The molecule has 0 saturated heterocycles. The Morgan fingerprint density at radius 2 is 1.78 bits per heavy atom. The van der Waals surface area contributed by atoms with E-state index in [-0.39, 0.29) is 31.0 Å². The van der Waals surface area contributed by atoms with Crippen LogP contribution in [0.1, 0.15) is 1.43 Å². The predicted molar refractivity (Wildman–Crippen MR) is 42.4 cm³/mol. The maximum absolute atomic E-state index is 4.03. The van der Waals surface area contributed by atoms with Crippen LogP contribution in [0.2, 0.25) is 0 Å². The van der Waals surface area contributed by atoms with Crippen LogP contribution in [-0.2, 0) is 0 Å². The molecule has 0 radical (unpaired) electrons. The first-order valence-corrected chi connectivity index (χ1v) is 4.17. The van der Waals surface area contributed by atoms with Gasteiger partial charge in [0.1, 0.15) is 0 Å². The van der Waals surface area contributed by atoms with Gasteiger partial charge in [-0.25, -0.2) is 0 Å². The van der Waals surface area contributed by atoms with Gasteiger partial charge in [0.25, 0.3) is 0 Å². The Kier molecular flexibility index (Phi) is 6.27. The summed E-state index contributed by atoms with van der Waals surface area (Å²) < 4.78 is 0. The third kappa shape index (κ3) is 3.58. The second-order valence-corrected chi connectivity index (χ2v) is 2.61. The van der Waals surface area contributed by atoms with Crippen molar-refractivity contribution in [2.45, 2.75) is 4.90 Å². The zero-order valence-corrected chi connectivity index (χ0v) is 8.95. The molecule has 0 unspecified atom stereocenters. The Labute approximate surface area is 88.0 Å².